The zero-order valence-electron chi connectivity index (χ0n) is 23.1. The molecule has 0 spiro atoms. The molecule has 3 aromatic rings. The lowest BCUT2D eigenvalue weighted by Gasteiger charge is -2.56. The van der Waals surface area contributed by atoms with Gasteiger partial charge >= 0.3 is 0 Å². The molecule has 8 nitrogen and oxygen atoms in total. The van der Waals surface area contributed by atoms with Gasteiger partial charge in [-0.15, -0.1) is 0 Å². The average Bonchev–Trinajstić information content (AvgIpc) is 3.41. The van der Waals surface area contributed by atoms with Crippen LogP contribution >= 0.6 is 0 Å². The van der Waals surface area contributed by atoms with E-state index in [1.54, 1.807) is 19.3 Å². The molecular weight excluding hydrogens is 478 g/mol. The highest BCUT2D eigenvalue weighted by Crippen LogP contribution is 2.50. The number of rotatable bonds is 7. The molecule has 2 aromatic heterocycles. The van der Waals surface area contributed by atoms with Gasteiger partial charge in [0, 0.05) is 68.0 Å². The molecule has 38 heavy (non-hydrogen) atoms. The molecular formula is C30H39N5O3. The fourth-order valence-corrected chi connectivity index (χ4v) is 6.09. The Hall–Kier alpha value is -3.10. The molecule has 4 heterocycles. The number of carbonyl (C=O) groups excluding carboxylic acids is 1. The van der Waals surface area contributed by atoms with Gasteiger partial charge in [-0.1, -0.05) is 57.1 Å². The number of nitrogens with zero attached hydrogens (tertiary/aromatic N) is 5. The summed E-state index contributed by atoms with van der Waals surface area (Å²) in [5.41, 5.74) is 1.94. The highest BCUT2D eigenvalue weighted by atomic mass is 16.5. The number of pyridine rings is 1. The Morgan fingerprint density at radius 2 is 1.84 bits per heavy atom. The Morgan fingerprint density at radius 3 is 2.45 bits per heavy atom. The van der Waals surface area contributed by atoms with E-state index in [4.69, 9.17) is 9.51 Å². The molecule has 0 unspecified atom stereocenters. The zero-order chi connectivity index (χ0) is 27.1. The molecule has 8 heteroatoms. The van der Waals surface area contributed by atoms with Crippen LogP contribution in [-0.2, 0) is 10.4 Å². The minimum atomic E-state index is -1.23. The third-order valence-electron chi connectivity index (χ3n) is 8.61. The lowest BCUT2D eigenvalue weighted by Crippen LogP contribution is -2.64. The van der Waals surface area contributed by atoms with Gasteiger partial charge in [-0.3, -0.25) is 9.78 Å². The second-order valence-electron chi connectivity index (χ2n) is 11.5. The lowest BCUT2D eigenvalue weighted by molar-refractivity contribution is -0.134. The first-order valence-electron chi connectivity index (χ1n) is 13.7. The second kappa shape index (κ2) is 10.2. The maximum absolute atomic E-state index is 12.6. The van der Waals surface area contributed by atoms with Crippen LogP contribution in [0.1, 0.15) is 81.9 Å². The van der Waals surface area contributed by atoms with E-state index in [1.165, 1.54) is 5.56 Å². The topological polar surface area (TPSA) is 95.6 Å². The fourth-order valence-electron chi connectivity index (χ4n) is 6.09. The summed E-state index contributed by atoms with van der Waals surface area (Å²) in [6.45, 7) is 14.2. The molecule has 1 atom stereocenters. The van der Waals surface area contributed by atoms with Gasteiger partial charge in [0.2, 0.25) is 17.6 Å². The van der Waals surface area contributed by atoms with Gasteiger partial charge in [0.1, 0.15) is 5.60 Å². The number of likely N-dealkylation sites (tertiary alicyclic amines) is 2. The van der Waals surface area contributed by atoms with Crippen molar-refractivity contribution in [1.29, 1.82) is 0 Å². The van der Waals surface area contributed by atoms with Gasteiger partial charge < -0.3 is 19.4 Å². The molecule has 2 saturated heterocycles. The van der Waals surface area contributed by atoms with Crippen molar-refractivity contribution in [2.24, 2.45) is 5.41 Å². The van der Waals surface area contributed by atoms with Crippen molar-refractivity contribution in [3.8, 4) is 11.4 Å². The first kappa shape index (κ1) is 26.5. The number of aliphatic hydroxyl groups is 1. The van der Waals surface area contributed by atoms with Crippen LogP contribution in [0.3, 0.4) is 0 Å². The Kier molecular flexibility index (Phi) is 7.13. The Morgan fingerprint density at radius 1 is 1.16 bits per heavy atom. The standard InChI is InChI=1S/C30H39N5O3/c1-6-34-18-29(5,19-34)30(37,25-9-7-22(8-10-25)20(2)3)26-15-24(16-31-17-26)27-32-28(38-33-27)23-11-13-35(14-12-23)21(4)36/h7-10,15-17,20,23,37H,6,11-14,18-19H2,1-5H3/t30-/m0/s1. The second-order valence-corrected chi connectivity index (χ2v) is 11.5. The number of hydrogen-bond acceptors (Lipinski definition) is 7. The van der Waals surface area contributed by atoms with E-state index in [2.05, 4.69) is 67.0 Å². The number of benzene rings is 1. The Labute approximate surface area is 225 Å². The molecule has 0 bridgehead atoms. The predicted octanol–water partition coefficient (Wildman–Crippen LogP) is 4.56. The number of aromatic nitrogens is 3. The summed E-state index contributed by atoms with van der Waals surface area (Å²) in [5, 5.41) is 16.8. The van der Waals surface area contributed by atoms with E-state index in [0.29, 0.717) is 36.3 Å². The van der Waals surface area contributed by atoms with Crippen LogP contribution in [-0.4, -0.2) is 68.7 Å². The van der Waals surface area contributed by atoms with E-state index in [1.807, 2.05) is 11.0 Å². The highest BCUT2D eigenvalue weighted by Gasteiger charge is 2.56. The first-order valence-corrected chi connectivity index (χ1v) is 13.7. The third-order valence-corrected chi connectivity index (χ3v) is 8.61. The molecule has 1 amide bonds. The molecule has 0 aliphatic carbocycles. The molecule has 0 saturated carbocycles. The summed E-state index contributed by atoms with van der Waals surface area (Å²) >= 11 is 0. The number of carbonyl (C=O) groups is 1. The van der Waals surface area contributed by atoms with Crippen LogP contribution < -0.4 is 0 Å². The van der Waals surface area contributed by atoms with Crippen molar-refractivity contribution in [3.63, 3.8) is 0 Å². The van der Waals surface area contributed by atoms with E-state index in [0.717, 1.165) is 43.6 Å². The Bertz CT molecular complexity index is 1270. The van der Waals surface area contributed by atoms with E-state index < -0.39 is 5.60 Å². The van der Waals surface area contributed by atoms with Crippen LogP contribution in [0, 0.1) is 5.41 Å². The van der Waals surface area contributed by atoms with Crippen molar-refractivity contribution < 1.29 is 14.4 Å². The van der Waals surface area contributed by atoms with Crippen LogP contribution in [0.25, 0.3) is 11.4 Å². The van der Waals surface area contributed by atoms with Crippen LogP contribution in [0.5, 0.6) is 0 Å². The fraction of sp³-hybridized carbons (Fsp3) is 0.533. The van der Waals surface area contributed by atoms with Gasteiger partial charge in [-0.25, -0.2) is 0 Å². The maximum Gasteiger partial charge on any atom is 0.230 e. The Balaban J connectivity index is 1.46. The molecule has 2 aliphatic rings. The highest BCUT2D eigenvalue weighted by molar-refractivity contribution is 5.73. The molecule has 2 aliphatic heterocycles. The van der Waals surface area contributed by atoms with Gasteiger partial charge in [0.15, 0.2) is 0 Å². The molecule has 202 valence electrons. The van der Waals surface area contributed by atoms with Crippen molar-refractivity contribution >= 4 is 5.91 Å². The molecule has 1 N–H and O–H groups in total. The van der Waals surface area contributed by atoms with Crippen LogP contribution in [0.4, 0.5) is 0 Å². The van der Waals surface area contributed by atoms with E-state index in [-0.39, 0.29) is 17.2 Å². The van der Waals surface area contributed by atoms with Crippen molar-refractivity contribution in [3.05, 3.63) is 65.3 Å². The number of amides is 1. The third kappa shape index (κ3) is 4.64. The zero-order valence-corrected chi connectivity index (χ0v) is 23.1. The SMILES string of the molecule is CCN1CC(C)([C@](O)(c2ccc(C(C)C)cc2)c2cncc(-c3noc(C4CCN(C(C)=O)CC4)n3)c2)C1. The summed E-state index contributed by atoms with van der Waals surface area (Å²) < 4.78 is 5.67. The predicted molar refractivity (Wildman–Crippen MR) is 146 cm³/mol. The summed E-state index contributed by atoms with van der Waals surface area (Å²) in [6.07, 6.45) is 5.09. The van der Waals surface area contributed by atoms with Gasteiger partial charge in [0.25, 0.3) is 0 Å². The minimum Gasteiger partial charge on any atom is -0.380 e. The smallest absolute Gasteiger partial charge is 0.230 e. The van der Waals surface area contributed by atoms with Crippen LogP contribution in [0.2, 0.25) is 0 Å². The van der Waals surface area contributed by atoms with Crippen molar-refractivity contribution in [1.82, 2.24) is 24.9 Å². The lowest BCUT2D eigenvalue weighted by atomic mass is 9.62. The first-order chi connectivity index (χ1) is 18.1. The van der Waals surface area contributed by atoms with Crippen molar-refractivity contribution in [2.45, 2.75) is 64.9 Å². The largest absolute Gasteiger partial charge is 0.380 e. The molecule has 0 radical (unpaired) electrons. The summed E-state index contributed by atoms with van der Waals surface area (Å²) in [5.74, 6) is 1.71. The minimum absolute atomic E-state index is 0.103. The van der Waals surface area contributed by atoms with Crippen LogP contribution in [0.15, 0.2) is 47.2 Å². The molecule has 2 fully saturated rings. The normalized spacial score (nSPS) is 19.8. The van der Waals surface area contributed by atoms with E-state index in [9.17, 15) is 9.90 Å². The van der Waals surface area contributed by atoms with Crippen molar-refractivity contribution in [2.75, 3.05) is 32.7 Å². The van der Waals surface area contributed by atoms with E-state index >= 15 is 0 Å². The summed E-state index contributed by atoms with van der Waals surface area (Å²) in [4.78, 5) is 25.1. The number of piperidine rings is 1. The average molecular weight is 518 g/mol. The monoisotopic (exact) mass is 517 g/mol. The summed E-state index contributed by atoms with van der Waals surface area (Å²) in [7, 11) is 0. The number of hydrogen-bond donors (Lipinski definition) is 1. The van der Waals surface area contributed by atoms with Gasteiger partial charge in [-0.2, -0.15) is 4.98 Å². The quantitative estimate of drug-likeness (QED) is 0.491. The maximum atomic E-state index is 12.6. The van der Waals surface area contributed by atoms with Gasteiger partial charge in [-0.05, 0) is 42.5 Å². The molecule has 1 aromatic carbocycles. The molecule has 5 rings (SSSR count). The van der Waals surface area contributed by atoms with Gasteiger partial charge in [0.05, 0.1) is 0 Å². The summed E-state index contributed by atoms with van der Waals surface area (Å²) in [6, 6.07) is 10.3.